The third-order valence-corrected chi connectivity index (χ3v) is 4.37. The van der Waals surface area contributed by atoms with E-state index in [0.29, 0.717) is 22.8 Å². The topological polar surface area (TPSA) is 46.6 Å². The van der Waals surface area contributed by atoms with Gasteiger partial charge in [-0.3, -0.25) is 9.00 Å². The number of rotatable bonds is 3. The molecule has 0 spiro atoms. The summed E-state index contributed by atoms with van der Waals surface area (Å²) in [5.41, 5.74) is 1.51. The van der Waals surface area contributed by atoms with E-state index < -0.39 is 10.8 Å². The van der Waals surface area contributed by atoms with Gasteiger partial charge in [0.1, 0.15) is 5.75 Å². The van der Waals surface area contributed by atoms with Crippen molar-refractivity contribution in [3.05, 3.63) is 23.8 Å². The molecule has 5 heteroatoms. The Hall–Kier alpha value is -1.36. The summed E-state index contributed by atoms with van der Waals surface area (Å²) in [6, 6.07) is 5.60. The first-order valence-corrected chi connectivity index (χ1v) is 7.40. The molecule has 1 aliphatic heterocycles. The normalized spacial score (nSPS) is 16.7. The molecule has 0 aromatic heterocycles. The van der Waals surface area contributed by atoms with Crippen molar-refractivity contribution >= 4 is 22.3 Å². The Morgan fingerprint density at radius 2 is 2.00 bits per heavy atom. The van der Waals surface area contributed by atoms with Crippen molar-refractivity contribution in [2.75, 3.05) is 36.6 Å². The molecule has 0 radical (unpaired) electrons. The van der Waals surface area contributed by atoms with Crippen molar-refractivity contribution in [2.45, 2.75) is 6.92 Å². The number of ether oxygens (including phenoxy) is 1. The van der Waals surface area contributed by atoms with Gasteiger partial charge in [0, 0.05) is 35.4 Å². The molecular formula is C13H17NO3S. The van der Waals surface area contributed by atoms with Gasteiger partial charge in [0.25, 0.3) is 0 Å². The van der Waals surface area contributed by atoms with Gasteiger partial charge in [-0.05, 0) is 19.1 Å². The summed E-state index contributed by atoms with van der Waals surface area (Å²) >= 11 is 0. The second kappa shape index (κ2) is 5.52. The highest BCUT2D eigenvalue weighted by molar-refractivity contribution is 7.85. The van der Waals surface area contributed by atoms with Crippen LogP contribution in [0.15, 0.2) is 18.2 Å². The Labute approximate surface area is 109 Å². The van der Waals surface area contributed by atoms with Crippen LogP contribution in [0.5, 0.6) is 5.75 Å². The fourth-order valence-corrected chi connectivity index (χ4v) is 3.24. The van der Waals surface area contributed by atoms with Crippen LogP contribution in [0.2, 0.25) is 0 Å². The molecule has 0 saturated carbocycles. The summed E-state index contributed by atoms with van der Waals surface area (Å²) in [6.45, 7) is 2.99. The zero-order valence-electron chi connectivity index (χ0n) is 10.6. The van der Waals surface area contributed by atoms with Gasteiger partial charge < -0.3 is 9.64 Å². The van der Waals surface area contributed by atoms with Crippen molar-refractivity contribution in [3.8, 4) is 5.75 Å². The molecule has 0 unspecified atom stereocenters. The first kappa shape index (κ1) is 13.1. The molecule has 0 bridgehead atoms. The van der Waals surface area contributed by atoms with E-state index in [-0.39, 0.29) is 5.78 Å². The van der Waals surface area contributed by atoms with Gasteiger partial charge in [0.05, 0.1) is 18.4 Å². The van der Waals surface area contributed by atoms with Gasteiger partial charge in [-0.1, -0.05) is 6.07 Å². The maximum Gasteiger partial charge on any atom is 0.165 e. The molecular weight excluding hydrogens is 250 g/mol. The van der Waals surface area contributed by atoms with Crippen LogP contribution in [-0.2, 0) is 10.8 Å². The third kappa shape index (κ3) is 2.56. The van der Waals surface area contributed by atoms with Crippen LogP contribution in [-0.4, -0.2) is 41.7 Å². The summed E-state index contributed by atoms with van der Waals surface area (Å²) in [5, 5.41) is 0. The predicted molar refractivity (Wildman–Crippen MR) is 73.1 cm³/mol. The van der Waals surface area contributed by atoms with Crippen molar-refractivity contribution in [1.29, 1.82) is 0 Å². The maximum atomic E-state index is 11.8. The monoisotopic (exact) mass is 267 g/mol. The first-order valence-electron chi connectivity index (χ1n) is 5.91. The standard InChI is InChI=1S/C13H17NO3S/c1-10(15)13-11(4-3-5-12(13)17-2)14-6-8-18(16)9-7-14/h3-5H,6-9H2,1-2H3. The largest absolute Gasteiger partial charge is 0.496 e. The molecule has 0 N–H and O–H groups in total. The number of methoxy groups -OCH3 is 1. The average Bonchev–Trinajstić information content (AvgIpc) is 2.38. The van der Waals surface area contributed by atoms with Crippen molar-refractivity contribution in [2.24, 2.45) is 0 Å². The maximum absolute atomic E-state index is 11.8. The highest BCUT2D eigenvalue weighted by Gasteiger charge is 2.21. The van der Waals surface area contributed by atoms with Gasteiger partial charge in [0.15, 0.2) is 5.78 Å². The van der Waals surface area contributed by atoms with Crippen molar-refractivity contribution < 1.29 is 13.7 Å². The van der Waals surface area contributed by atoms with Crippen molar-refractivity contribution in [3.63, 3.8) is 0 Å². The lowest BCUT2D eigenvalue weighted by atomic mass is 10.1. The van der Waals surface area contributed by atoms with Crippen LogP contribution >= 0.6 is 0 Å². The lowest BCUT2D eigenvalue weighted by Crippen LogP contribution is -2.38. The summed E-state index contributed by atoms with van der Waals surface area (Å²) in [6.07, 6.45) is 0. The first-order chi connectivity index (χ1) is 8.63. The van der Waals surface area contributed by atoms with E-state index in [2.05, 4.69) is 4.90 Å². The van der Waals surface area contributed by atoms with Gasteiger partial charge in [-0.2, -0.15) is 0 Å². The lowest BCUT2D eigenvalue weighted by molar-refractivity contribution is 0.101. The van der Waals surface area contributed by atoms with Gasteiger partial charge in [-0.15, -0.1) is 0 Å². The van der Waals surface area contributed by atoms with E-state index >= 15 is 0 Å². The number of nitrogens with zero attached hydrogens (tertiary/aromatic N) is 1. The predicted octanol–water partition coefficient (Wildman–Crippen LogP) is 1.47. The zero-order chi connectivity index (χ0) is 13.1. The summed E-state index contributed by atoms with van der Waals surface area (Å²) in [7, 11) is 0.849. The smallest absolute Gasteiger partial charge is 0.165 e. The van der Waals surface area contributed by atoms with Gasteiger partial charge in [-0.25, -0.2) is 0 Å². The number of benzene rings is 1. The number of anilines is 1. The Kier molecular flexibility index (Phi) is 4.01. The van der Waals surface area contributed by atoms with Crippen LogP contribution in [0, 0.1) is 0 Å². The minimum absolute atomic E-state index is 0.00542. The van der Waals surface area contributed by atoms with Crippen LogP contribution in [0.4, 0.5) is 5.69 Å². The minimum atomic E-state index is -0.717. The van der Waals surface area contributed by atoms with E-state index in [4.69, 9.17) is 4.74 Å². The van der Waals surface area contributed by atoms with Gasteiger partial charge >= 0.3 is 0 Å². The number of ketones is 1. The second-order valence-corrected chi connectivity index (χ2v) is 5.94. The molecule has 1 saturated heterocycles. The van der Waals surface area contributed by atoms with E-state index in [1.165, 1.54) is 0 Å². The molecule has 1 aliphatic rings. The molecule has 0 amide bonds. The quantitative estimate of drug-likeness (QED) is 0.778. The SMILES string of the molecule is COc1cccc(N2CCS(=O)CC2)c1C(C)=O. The number of Topliss-reactive ketones (excluding diaryl/α,β-unsaturated/α-hetero) is 1. The molecule has 1 heterocycles. The number of carbonyl (C=O) groups excluding carboxylic acids is 1. The van der Waals surface area contributed by atoms with Crippen molar-refractivity contribution in [1.82, 2.24) is 0 Å². The lowest BCUT2D eigenvalue weighted by Gasteiger charge is -2.30. The van der Waals surface area contributed by atoms with E-state index in [0.717, 1.165) is 18.8 Å². The number of hydrogen-bond donors (Lipinski definition) is 0. The summed E-state index contributed by atoms with van der Waals surface area (Å²) in [5.74, 6) is 1.92. The molecule has 1 fully saturated rings. The Morgan fingerprint density at radius 1 is 1.33 bits per heavy atom. The van der Waals surface area contributed by atoms with Gasteiger partial charge in [0.2, 0.25) is 0 Å². The average molecular weight is 267 g/mol. The van der Waals surface area contributed by atoms with E-state index in [9.17, 15) is 9.00 Å². The number of carbonyl (C=O) groups is 1. The molecule has 1 aromatic carbocycles. The van der Waals surface area contributed by atoms with E-state index in [1.807, 2.05) is 12.1 Å². The molecule has 2 rings (SSSR count). The fourth-order valence-electron chi connectivity index (χ4n) is 2.19. The molecule has 0 atom stereocenters. The Bertz CT molecular complexity index is 477. The highest BCUT2D eigenvalue weighted by atomic mass is 32.2. The minimum Gasteiger partial charge on any atom is -0.496 e. The number of hydrogen-bond acceptors (Lipinski definition) is 4. The molecule has 18 heavy (non-hydrogen) atoms. The molecule has 4 nitrogen and oxygen atoms in total. The molecule has 0 aliphatic carbocycles. The Balaban J connectivity index is 2.37. The molecule has 98 valence electrons. The zero-order valence-corrected chi connectivity index (χ0v) is 11.5. The third-order valence-electron chi connectivity index (χ3n) is 3.09. The summed E-state index contributed by atoms with van der Waals surface area (Å²) in [4.78, 5) is 13.9. The van der Waals surface area contributed by atoms with Crippen LogP contribution < -0.4 is 9.64 Å². The fraction of sp³-hybridized carbons (Fsp3) is 0.462. The van der Waals surface area contributed by atoms with Crippen LogP contribution in [0.1, 0.15) is 17.3 Å². The van der Waals surface area contributed by atoms with Crippen LogP contribution in [0.25, 0.3) is 0 Å². The summed E-state index contributed by atoms with van der Waals surface area (Å²) < 4.78 is 16.6. The molecule has 1 aromatic rings. The van der Waals surface area contributed by atoms with Crippen LogP contribution in [0.3, 0.4) is 0 Å². The highest BCUT2D eigenvalue weighted by Crippen LogP contribution is 2.30. The van der Waals surface area contributed by atoms with E-state index in [1.54, 1.807) is 20.1 Å². The Morgan fingerprint density at radius 3 is 2.56 bits per heavy atom. The second-order valence-electron chi connectivity index (χ2n) is 4.25.